The van der Waals surface area contributed by atoms with Crippen molar-refractivity contribution in [2.75, 3.05) is 0 Å². The maximum atomic E-state index is 10.6. The molecule has 0 saturated carbocycles. The zero-order valence-corrected chi connectivity index (χ0v) is 26.7. The van der Waals surface area contributed by atoms with Crippen LogP contribution in [0.15, 0.2) is 152 Å². The third kappa shape index (κ3) is 4.24. The highest BCUT2D eigenvalue weighted by molar-refractivity contribution is 6.11. The van der Waals surface area contributed by atoms with Gasteiger partial charge in [-0.1, -0.05) is 91.0 Å². The molecule has 0 aliphatic carbocycles. The molecule has 0 unspecified atom stereocenters. The van der Waals surface area contributed by atoms with Crippen LogP contribution in [0.25, 0.3) is 77.2 Å². The van der Waals surface area contributed by atoms with E-state index in [0.29, 0.717) is 16.7 Å². The van der Waals surface area contributed by atoms with Crippen LogP contribution in [0, 0.1) is 34.0 Å². The molecule has 0 spiro atoms. The second kappa shape index (κ2) is 11.4. The van der Waals surface area contributed by atoms with Crippen molar-refractivity contribution >= 4 is 43.6 Å². The van der Waals surface area contributed by atoms with Crippen molar-refractivity contribution in [2.24, 2.45) is 0 Å². The number of aromatic nitrogens is 2. The average Bonchev–Trinajstić information content (AvgIpc) is 3.69. The highest BCUT2D eigenvalue weighted by atomic mass is 15.0. The number of hydrogen-bond donors (Lipinski definition) is 0. The molecule has 2 aromatic heterocycles. The molecular weight excluding hydrogens is 611 g/mol. The van der Waals surface area contributed by atoms with Crippen LogP contribution in [0.4, 0.5) is 0 Å². The number of rotatable bonds is 4. The Balaban J connectivity index is 1.28. The normalized spacial score (nSPS) is 11.1. The summed E-state index contributed by atoms with van der Waals surface area (Å²) in [5, 5.41) is 35.0. The van der Waals surface area contributed by atoms with E-state index in [1.165, 1.54) is 0 Å². The SMILES string of the molecule is N#Cc1ccc2c(c1)c1ccccc1n2-c1ccccc1-c1cccc(C#N)c1-c1ccc(-n2c3ccccc3c3ccccc32)c(C#N)c1. The Bertz CT molecular complexity index is 2920. The van der Waals surface area contributed by atoms with Crippen molar-refractivity contribution in [3.05, 3.63) is 168 Å². The summed E-state index contributed by atoms with van der Waals surface area (Å²) in [5.74, 6) is 0. The summed E-state index contributed by atoms with van der Waals surface area (Å²) >= 11 is 0. The summed E-state index contributed by atoms with van der Waals surface area (Å²) in [7, 11) is 0. The molecule has 9 rings (SSSR count). The third-order valence-electron chi connectivity index (χ3n) is 9.65. The van der Waals surface area contributed by atoms with Crippen molar-refractivity contribution in [3.63, 3.8) is 0 Å². The van der Waals surface area contributed by atoms with Gasteiger partial charge < -0.3 is 9.13 Å². The quantitative estimate of drug-likeness (QED) is 0.193. The molecule has 7 aromatic carbocycles. The highest BCUT2D eigenvalue weighted by Gasteiger charge is 2.21. The summed E-state index contributed by atoms with van der Waals surface area (Å²) in [4.78, 5) is 0. The topological polar surface area (TPSA) is 81.2 Å². The van der Waals surface area contributed by atoms with Crippen molar-refractivity contribution < 1.29 is 0 Å². The van der Waals surface area contributed by atoms with Gasteiger partial charge in [0.25, 0.3) is 0 Å². The van der Waals surface area contributed by atoms with Crippen LogP contribution >= 0.6 is 0 Å². The lowest BCUT2D eigenvalue weighted by atomic mass is 9.89. The Kier molecular flexibility index (Phi) is 6.56. The second-order valence-electron chi connectivity index (χ2n) is 12.3. The van der Waals surface area contributed by atoms with E-state index in [9.17, 15) is 15.8 Å². The molecule has 0 amide bonds. The Morgan fingerprint density at radius 2 is 0.940 bits per heavy atom. The zero-order valence-electron chi connectivity index (χ0n) is 26.7. The minimum absolute atomic E-state index is 0.511. The molecule has 0 aliphatic heterocycles. The van der Waals surface area contributed by atoms with Gasteiger partial charge in [-0.2, -0.15) is 15.8 Å². The summed E-state index contributed by atoms with van der Waals surface area (Å²) in [5.41, 5.74) is 10.8. The van der Waals surface area contributed by atoms with Gasteiger partial charge in [0, 0.05) is 32.7 Å². The lowest BCUT2D eigenvalue weighted by molar-refractivity contribution is 1.17. The van der Waals surface area contributed by atoms with E-state index in [1.807, 2.05) is 103 Å². The fourth-order valence-corrected chi connectivity index (χ4v) is 7.54. The third-order valence-corrected chi connectivity index (χ3v) is 9.65. The number of benzene rings is 7. The van der Waals surface area contributed by atoms with E-state index in [1.54, 1.807) is 0 Å². The van der Waals surface area contributed by atoms with Gasteiger partial charge in [0.2, 0.25) is 0 Å². The van der Waals surface area contributed by atoms with Crippen LogP contribution in [0.5, 0.6) is 0 Å². The van der Waals surface area contributed by atoms with E-state index >= 15 is 0 Å². The summed E-state index contributed by atoms with van der Waals surface area (Å²) in [6.07, 6.45) is 0. The first-order valence-electron chi connectivity index (χ1n) is 16.3. The van der Waals surface area contributed by atoms with Crippen LogP contribution < -0.4 is 0 Å². The number of nitrogens with zero attached hydrogens (tertiary/aromatic N) is 5. The average molecular weight is 636 g/mol. The Morgan fingerprint density at radius 1 is 0.380 bits per heavy atom. The molecule has 0 bridgehead atoms. The van der Waals surface area contributed by atoms with Crippen LogP contribution in [0.3, 0.4) is 0 Å². The predicted molar refractivity (Wildman–Crippen MR) is 200 cm³/mol. The van der Waals surface area contributed by atoms with E-state index in [-0.39, 0.29) is 0 Å². The minimum atomic E-state index is 0.511. The maximum Gasteiger partial charge on any atom is 0.101 e. The van der Waals surface area contributed by atoms with Crippen LogP contribution in [0.2, 0.25) is 0 Å². The monoisotopic (exact) mass is 635 g/mol. The van der Waals surface area contributed by atoms with Gasteiger partial charge in [-0.15, -0.1) is 0 Å². The van der Waals surface area contributed by atoms with Crippen molar-refractivity contribution in [1.29, 1.82) is 15.8 Å². The first kappa shape index (κ1) is 28.8. The molecule has 2 heterocycles. The smallest absolute Gasteiger partial charge is 0.101 e. The molecule has 50 heavy (non-hydrogen) atoms. The van der Waals surface area contributed by atoms with Gasteiger partial charge in [-0.25, -0.2) is 0 Å². The molecule has 0 radical (unpaired) electrons. The summed E-state index contributed by atoms with van der Waals surface area (Å²) < 4.78 is 4.38. The molecule has 230 valence electrons. The maximum absolute atomic E-state index is 10.6. The highest BCUT2D eigenvalue weighted by Crippen LogP contribution is 2.42. The number of hydrogen-bond acceptors (Lipinski definition) is 3. The van der Waals surface area contributed by atoms with Crippen LogP contribution in [-0.4, -0.2) is 9.13 Å². The fraction of sp³-hybridized carbons (Fsp3) is 0. The number of fused-ring (bicyclic) bond motifs is 6. The molecule has 0 fully saturated rings. The van der Waals surface area contributed by atoms with E-state index in [0.717, 1.165) is 77.2 Å². The van der Waals surface area contributed by atoms with Crippen molar-refractivity contribution in [2.45, 2.75) is 0 Å². The summed E-state index contributed by atoms with van der Waals surface area (Å²) in [6, 6.07) is 57.6. The molecule has 9 aromatic rings. The predicted octanol–water partition coefficient (Wildman–Crippen LogP) is 10.8. The van der Waals surface area contributed by atoms with Gasteiger partial charge in [-0.3, -0.25) is 0 Å². The molecule has 0 atom stereocenters. The molecule has 0 aliphatic rings. The fourth-order valence-electron chi connectivity index (χ4n) is 7.54. The largest absolute Gasteiger partial charge is 0.309 e. The molecule has 0 saturated heterocycles. The minimum Gasteiger partial charge on any atom is -0.309 e. The molecule has 0 N–H and O–H groups in total. The van der Waals surface area contributed by atoms with E-state index in [2.05, 4.69) is 75.9 Å². The van der Waals surface area contributed by atoms with Gasteiger partial charge in [-0.05, 0) is 71.8 Å². The lowest BCUT2D eigenvalue weighted by Crippen LogP contribution is -2.00. The van der Waals surface area contributed by atoms with Gasteiger partial charge >= 0.3 is 0 Å². The van der Waals surface area contributed by atoms with E-state index < -0.39 is 0 Å². The van der Waals surface area contributed by atoms with Crippen molar-refractivity contribution in [3.8, 4) is 51.8 Å². The molecular formula is C45H25N5. The molecule has 5 nitrogen and oxygen atoms in total. The van der Waals surface area contributed by atoms with Crippen LogP contribution in [0.1, 0.15) is 16.7 Å². The Labute approximate surface area is 287 Å². The van der Waals surface area contributed by atoms with Gasteiger partial charge in [0.05, 0.1) is 62.3 Å². The van der Waals surface area contributed by atoms with Gasteiger partial charge in [0.15, 0.2) is 0 Å². The summed E-state index contributed by atoms with van der Waals surface area (Å²) in [6.45, 7) is 0. The second-order valence-corrected chi connectivity index (χ2v) is 12.3. The zero-order chi connectivity index (χ0) is 33.8. The van der Waals surface area contributed by atoms with E-state index in [4.69, 9.17) is 0 Å². The lowest BCUT2D eigenvalue weighted by Gasteiger charge is -2.18. The molecule has 5 heteroatoms. The first-order valence-corrected chi connectivity index (χ1v) is 16.3. The Hall–Kier alpha value is -7.39. The van der Waals surface area contributed by atoms with Crippen molar-refractivity contribution in [1.82, 2.24) is 9.13 Å². The number of nitriles is 3. The first-order chi connectivity index (χ1) is 24.7. The number of para-hydroxylation sites is 4. The van der Waals surface area contributed by atoms with Gasteiger partial charge in [0.1, 0.15) is 6.07 Å². The van der Waals surface area contributed by atoms with Crippen LogP contribution in [-0.2, 0) is 0 Å². The Morgan fingerprint density at radius 3 is 1.60 bits per heavy atom. The standard InChI is InChI=1S/C45H25N5/c46-26-29-20-22-44-38(24-29)36-14-4-8-19-43(36)50(44)42-18-7-3-13-35(42)37-15-9-10-31(27-47)45(37)30-21-23-39(32(25-30)28-48)49-40-16-5-1-11-33(40)34-12-2-6-17-41(34)49/h1-25H.